The summed E-state index contributed by atoms with van der Waals surface area (Å²) in [6.07, 6.45) is 4.99. The second-order valence-electron chi connectivity index (χ2n) is 12.6. The van der Waals surface area contributed by atoms with Crippen LogP contribution in [-0.2, 0) is 14.3 Å². The zero-order valence-corrected chi connectivity index (χ0v) is 26.0. The Balaban J connectivity index is 1.55. The summed E-state index contributed by atoms with van der Waals surface area (Å²) in [6.45, 7) is 9.86. The number of cyclic esters (lactones) is 1. The van der Waals surface area contributed by atoms with Crippen LogP contribution < -0.4 is 4.90 Å². The van der Waals surface area contributed by atoms with Crippen molar-refractivity contribution in [1.82, 2.24) is 9.80 Å². The van der Waals surface area contributed by atoms with Crippen LogP contribution in [0.4, 0.5) is 14.9 Å². The molecule has 3 aliphatic heterocycles. The first-order valence-corrected chi connectivity index (χ1v) is 15.6. The molecule has 1 aromatic carbocycles. The van der Waals surface area contributed by atoms with Gasteiger partial charge in [0, 0.05) is 50.9 Å². The molecule has 3 heterocycles. The largest absolute Gasteiger partial charge is 0.457 e. The molecule has 0 unspecified atom stereocenters. The highest BCUT2D eigenvalue weighted by molar-refractivity contribution is 5.71. The highest BCUT2D eigenvalue weighted by Gasteiger charge is 2.29. The smallest absolute Gasteiger partial charge is 0.410 e. The van der Waals surface area contributed by atoms with E-state index in [0.717, 1.165) is 24.4 Å². The van der Waals surface area contributed by atoms with Crippen molar-refractivity contribution in [1.29, 1.82) is 0 Å². The van der Waals surface area contributed by atoms with E-state index in [2.05, 4.69) is 9.80 Å². The molecule has 2 N–H and O–H groups in total. The zero-order chi connectivity index (χ0) is 31.1. The highest BCUT2D eigenvalue weighted by Crippen LogP contribution is 2.28. The summed E-state index contributed by atoms with van der Waals surface area (Å²) in [6, 6.07) is 4.85. The van der Waals surface area contributed by atoms with E-state index in [4.69, 9.17) is 9.47 Å². The van der Waals surface area contributed by atoms with Crippen LogP contribution in [0.3, 0.4) is 0 Å². The molecule has 4 rings (SSSR count). The number of piperidine rings is 1. The number of amides is 1. The molecule has 43 heavy (non-hydrogen) atoms. The molecule has 1 amide bonds. The van der Waals surface area contributed by atoms with Gasteiger partial charge in [-0.15, -0.1) is 0 Å². The Morgan fingerprint density at radius 3 is 2.37 bits per heavy atom. The van der Waals surface area contributed by atoms with Crippen LogP contribution in [0.5, 0.6) is 0 Å². The molecule has 9 nitrogen and oxygen atoms in total. The monoisotopic (exact) mass is 601 g/mol. The summed E-state index contributed by atoms with van der Waals surface area (Å²) in [4.78, 5) is 31.8. The second-order valence-corrected chi connectivity index (χ2v) is 12.6. The average molecular weight is 602 g/mol. The Hall–Kier alpha value is -2.95. The van der Waals surface area contributed by atoms with Crippen molar-refractivity contribution < 1.29 is 33.7 Å². The van der Waals surface area contributed by atoms with E-state index in [1.165, 1.54) is 12.1 Å². The molecule has 0 radical (unpaired) electrons. The van der Waals surface area contributed by atoms with Crippen molar-refractivity contribution in [3.8, 4) is 0 Å². The first-order chi connectivity index (χ1) is 20.5. The molecule has 10 heteroatoms. The maximum Gasteiger partial charge on any atom is 0.410 e. The molecule has 0 aromatic heterocycles. The number of benzene rings is 1. The number of piperazine rings is 1. The van der Waals surface area contributed by atoms with Crippen LogP contribution >= 0.6 is 0 Å². The van der Waals surface area contributed by atoms with Crippen molar-refractivity contribution in [3.63, 3.8) is 0 Å². The molecule has 1 aromatic rings. The number of ether oxygens (including phenoxy) is 2. The van der Waals surface area contributed by atoms with Crippen LogP contribution in [0.1, 0.15) is 58.4 Å². The minimum absolute atomic E-state index is 0.0679. The van der Waals surface area contributed by atoms with Gasteiger partial charge in [0.2, 0.25) is 0 Å². The lowest BCUT2D eigenvalue weighted by Gasteiger charge is -2.33. The molecular weight excluding hydrogens is 553 g/mol. The summed E-state index contributed by atoms with van der Waals surface area (Å²) in [5, 5.41) is 20.5. The minimum atomic E-state index is -0.874. The Bertz CT molecular complexity index is 1160. The van der Waals surface area contributed by atoms with Gasteiger partial charge in [0.05, 0.1) is 18.6 Å². The summed E-state index contributed by atoms with van der Waals surface area (Å²) < 4.78 is 26.6. The summed E-state index contributed by atoms with van der Waals surface area (Å²) >= 11 is 0. The lowest BCUT2D eigenvalue weighted by molar-refractivity contribution is -0.151. The first kappa shape index (κ1) is 33.0. The van der Waals surface area contributed by atoms with Crippen LogP contribution in [-0.4, -0.2) is 103 Å². The van der Waals surface area contributed by atoms with Gasteiger partial charge < -0.3 is 34.4 Å². The third-order valence-corrected chi connectivity index (χ3v) is 8.83. The molecule has 0 aliphatic carbocycles. The van der Waals surface area contributed by atoms with Gasteiger partial charge in [-0.2, -0.15) is 0 Å². The summed E-state index contributed by atoms with van der Waals surface area (Å²) in [7, 11) is 2.03. The first-order valence-electron chi connectivity index (χ1n) is 15.6. The van der Waals surface area contributed by atoms with Gasteiger partial charge in [-0.25, -0.2) is 9.18 Å². The molecular formula is C33H48FN3O6. The molecule has 0 spiro atoms. The molecule has 0 bridgehead atoms. The van der Waals surface area contributed by atoms with Gasteiger partial charge in [0.1, 0.15) is 18.0 Å². The average Bonchev–Trinajstić information content (AvgIpc) is 2.96. The van der Waals surface area contributed by atoms with E-state index < -0.39 is 24.3 Å². The highest BCUT2D eigenvalue weighted by atomic mass is 19.1. The predicted molar refractivity (Wildman–Crippen MR) is 164 cm³/mol. The number of halogens is 1. The quantitative estimate of drug-likeness (QED) is 0.391. The van der Waals surface area contributed by atoms with E-state index in [9.17, 15) is 24.2 Å². The van der Waals surface area contributed by atoms with Gasteiger partial charge >= 0.3 is 12.1 Å². The number of carbonyl (C=O) groups excluding carboxylic acids is 2. The maximum atomic E-state index is 14.7. The topological polar surface area (TPSA) is 103 Å². The fourth-order valence-corrected chi connectivity index (χ4v) is 5.96. The van der Waals surface area contributed by atoms with Crippen LogP contribution in [0.25, 0.3) is 6.08 Å². The van der Waals surface area contributed by atoms with Crippen molar-refractivity contribution in [2.45, 2.75) is 77.3 Å². The van der Waals surface area contributed by atoms with E-state index in [1.54, 1.807) is 4.90 Å². The maximum absolute atomic E-state index is 14.7. The SMILES string of the molecule is C/C(=C\c1cc(F)cc(N2CCC(O)CC2)c1)[C@H]1OC(=O)C[C@H](O)CC[C@H](C)[C@@H](OC(=O)N2CCN(C)CC2)/C=C\[C@@H]1C. The van der Waals surface area contributed by atoms with Crippen LogP contribution in [0.2, 0.25) is 0 Å². The Labute approximate surface area is 254 Å². The number of aliphatic hydroxyl groups excluding tert-OH is 2. The van der Waals surface area contributed by atoms with Crippen molar-refractivity contribution in [2.24, 2.45) is 11.8 Å². The molecule has 2 saturated heterocycles. The van der Waals surface area contributed by atoms with E-state index in [0.29, 0.717) is 57.4 Å². The van der Waals surface area contributed by atoms with Gasteiger partial charge in [0.25, 0.3) is 0 Å². The third kappa shape index (κ3) is 9.52. The Morgan fingerprint density at radius 2 is 1.67 bits per heavy atom. The van der Waals surface area contributed by atoms with Crippen molar-refractivity contribution >= 4 is 23.8 Å². The normalized spacial score (nSPS) is 29.8. The van der Waals surface area contributed by atoms with Gasteiger partial charge in [0.15, 0.2) is 0 Å². The summed E-state index contributed by atoms with van der Waals surface area (Å²) in [5.41, 5.74) is 2.11. The lowest BCUT2D eigenvalue weighted by atomic mass is 9.91. The minimum Gasteiger partial charge on any atom is -0.457 e. The zero-order valence-electron chi connectivity index (χ0n) is 26.0. The number of likely N-dealkylation sites (N-methyl/N-ethyl adjacent to an activating group) is 1. The van der Waals surface area contributed by atoms with E-state index in [-0.39, 0.29) is 36.3 Å². The van der Waals surface area contributed by atoms with Gasteiger partial charge in [-0.05, 0) is 81.0 Å². The lowest BCUT2D eigenvalue weighted by Crippen LogP contribution is -2.48. The fraction of sp³-hybridized carbons (Fsp3) is 0.636. The van der Waals surface area contributed by atoms with Crippen molar-refractivity contribution in [2.75, 3.05) is 51.2 Å². The number of anilines is 1. The van der Waals surface area contributed by atoms with Gasteiger partial charge in [-0.3, -0.25) is 4.79 Å². The third-order valence-electron chi connectivity index (χ3n) is 8.83. The second kappa shape index (κ2) is 15.2. The number of hydrogen-bond donors (Lipinski definition) is 2. The van der Waals surface area contributed by atoms with Crippen LogP contribution in [0.15, 0.2) is 35.9 Å². The number of hydrogen-bond acceptors (Lipinski definition) is 8. The van der Waals surface area contributed by atoms with Crippen LogP contribution in [0, 0.1) is 17.7 Å². The van der Waals surface area contributed by atoms with Gasteiger partial charge in [-0.1, -0.05) is 26.0 Å². The molecule has 0 saturated carbocycles. The van der Waals surface area contributed by atoms with Crippen molar-refractivity contribution in [3.05, 3.63) is 47.3 Å². The standard InChI is InChI=1S/C33H48FN3O6/c1-22-5-7-29(39)21-31(40)43-32(23(2)6-8-30(22)42-33(41)37-15-13-35(4)14-16-37)24(3)17-25-18-26(34)20-27(19-25)36-11-9-28(38)10-12-36/h6,8,17-20,22-23,28-30,32,38-39H,5,7,9-16,21H2,1-4H3/b8-6-,24-17+/t22-,23-,29+,30-,32-/m0/s1. The number of esters is 1. The Kier molecular flexibility index (Phi) is 11.6. The molecule has 5 atom stereocenters. The predicted octanol–water partition coefficient (Wildman–Crippen LogP) is 4.23. The number of aliphatic hydroxyl groups is 2. The van der Waals surface area contributed by atoms with E-state index in [1.807, 2.05) is 52.1 Å². The molecule has 3 aliphatic rings. The number of carbonyl (C=O) groups is 2. The number of nitrogens with zero attached hydrogens (tertiary/aromatic N) is 3. The summed E-state index contributed by atoms with van der Waals surface area (Å²) in [5.74, 6) is -1.22. The molecule has 238 valence electrons. The fourth-order valence-electron chi connectivity index (χ4n) is 5.96. The number of rotatable bonds is 4. The Morgan fingerprint density at radius 1 is 0.977 bits per heavy atom. The van der Waals surface area contributed by atoms with E-state index >= 15 is 0 Å². The molecule has 2 fully saturated rings.